The molecule has 0 aromatic heterocycles. The van der Waals surface area contributed by atoms with Crippen molar-refractivity contribution in [2.75, 3.05) is 18.0 Å². The number of hydrogen-bond acceptors (Lipinski definition) is 6. The summed E-state index contributed by atoms with van der Waals surface area (Å²) in [7, 11) is 0. The summed E-state index contributed by atoms with van der Waals surface area (Å²) >= 11 is 0. The van der Waals surface area contributed by atoms with Crippen LogP contribution in [0.2, 0.25) is 0 Å². The molecular formula is C46H48N3O5+. The van der Waals surface area contributed by atoms with Gasteiger partial charge in [0, 0.05) is 59.8 Å². The van der Waals surface area contributed by atoms with Gasteiger partial charge in [-0.3, -0.25) is 9.59 Å². The molecule has 1 saturated heterocycles. The van der Waals surface area contributed by atoms with Gasteiger partial charge < -0.3 is 14.5 Å². The summed E-state index contributed by atoms with van der Waals surface area (Å²) < 4.78 is 9.90. The molecule has 0 radical (unpaired) electrons. The van der Waals surface area contributed by atoms with E-state index in [1.807, 2.05) is 0 Å². The maximum atomic E-state index is 12.9. The molecule has 0 bridgehead atoms. The molecule has 0 spiro atoms. The molecule has 0 saturated carbocycles. The number of nitrogens with zero attached hydrogens (tertiary/aromatic N) is 3. The van der Waals surface area contributed by atoms with Crippen molar-refractivity contribution in [2.24, 2.45) is 11.3 Å². The topological polar surface area (TPSA) is 79.2 Å². The molecule has 1 unspecified atom stereocenters. The molecular weight excluding hydrogens is 675 g/mol. The van der Waals surface area contributed by atoms with Crippen LogP contribution in [0.15, 0.2) is 95.2 Å². The van der Waals surface area contributed by atoms with Gasteiger partial charge in [0.05, 0.1) is 16.9 Å². The first kappa shape index (κ1) is 33.7. The lowest BCUT2D eigenvalue weighted by Crippen LogP contribution is -2.53. The van der Waals surface area contributed by atoms with Crippen LogP contribution in [-0.2, 0) is 34.8 Å². The Morgan fingerprint density at radius 3 is 2.52 bits per heavy atom. The first-order valence-electron chi connectivity index (χ1n) is 19.8. The summed E-state index contributed by atoms with van der Waals surface area (Å²) in [5.41, 5.74) is 11.3. The summed E-state index contributed by atoms with van der Waals surface area (Å²) in [6.07, 6.45) is 8.63. The zero-order valence-electron chi connectivity index (χ0n) is 31.9. The quantitative estimate of drug-likeness (QED) is 0.196. The number of fused-ring (bicyclic) bond motifs is 11. The number of imide groups is 1. The Balaban J connectivity index is 1.04. The lowest BCUT2D eigenvalue weighted by molar-refractivity contribution is -0.466. The summed E-state index contributed by atoms with van der Waals surface area (Å²) in [4.78, 5) is 44.8. The maximum Gasteiger partial charge on any atom is 0.333 e. The Morgan fingerprint density at radius 1 is 0.944 bits per heavy atom. The Bertz CT molecular complexity index is 2330. The van der Waals surface area contributed by atoms with Crippen LogP contribution in [0.1, 0.15) is 90.7 Å². The zero-order chi connectivity index (χ0) is 37.3. The van der Waals surface area contributed by atoms with Crippen molar-refractivity contribution in [3.8, 4) is 0 Å². The SMILES string of the molecule is CC1(C)C2=[N+](CC(C)(C)[C@@H]3O[C@@H]4C[C@@H]5CCN6C(=C5C=C4C=C23)C(C)(CCCC(=O)ON2C(=O)CCC2=O)c2ccccc26)c2ccc3ccccc3c21. The van der Waals surface area contributed by atoms with E-state index in [-0.39, 0.29) is 47.7 Å². The maximum absolute atomic E-state index is 12.9. The van der Waals surface area contributed by atoms with Crippen LogP contribution in [0.4, 0.5) is 11.4 Å². The van der Waals surface area contributed by atoms with Crippen molar-refractivity contribution >= 4 is 45.6 Å². The van der Waals surface area contributed by atoms with Crippen molar-refractivity contribution in [1.82, 2.24) is 5.06 Å². The number of benzene rings is 3. The van der Waals surface area contributed by atoms with Crippen molar-refractivity contribution in [3.63, 3.8) is 0 Å². The molecule has 276 valence electrons. The first-order chi connectivity index (χ1) is 25.9. The van der Waals surface area contributed by atoms with E-state index in [1.165, 1.54) is 61.4 Å². The summed E-state index contributed by atoms with van der Waals surface area (Å²) in [6.45, 7) is 13.7. The zero-order valence-corrected chi connectivity index (χ0v) is 31.9. The van der Waals surface area contributed by atoms with Crippen LogP contribution in [0, 0.1) is 11.3 Å². The van der Waals surface area contributed by atoms with E-state index in [4.69, 9.17) is 9.57 Å². The van der Waals surface area contributed by atoms with E-state index < -0.39 is 17.8 Å². The standard InChI is InChI=1S/C46H48N3O5/c1-44(2)26-48-35-17-16-27-11-6-7-12-30(27)40(35)45(3,4)41(48)32-24-29-23-31-28(25-36(29)53-43(32)44)20-22-47-34-14-9-8-13-33(34)46(5,42(31)47)21-10-15-39(52)54-49-37(50)18-19-38(49)51/h6-9,11-14,16-17,23-24,28,36,43H,10,15,18-22,25-26H2,1-5H3/q+1/t28-,36+,43+,46?/m0/s1. The monoisotopic (exact) mass is 722 g/mol. The van der Waals surface area contributed by atoms with Crippen molar-refractivity contribution in [2.45, 2.75) is 103 Å². The molecule has 54 heavy (non-hydrogen) atoms. The van der Waals surface area contributed by atoms with E-state index in [0.29, 0.717) is 17.4 Å². The van der Waals surface area contributed by atoms with Gasteiger partial charge >= 0.3 is 5.97 Å². The fourth-order valence-corrected chi connectivity index (χ4v) is 11.3. The number of hydroxylamine groups is 2. The number of anilines is 1. The lowest BCUT2D eigenvalue weighted by Gasteiger charge is -2.47. The number of amides is 2. The fourth-order valence-electron chi connectivity index (χ4n) is 11.3. The third kappa shape index (κ3) is 4.71. The Morgan fingerprint density at radius 2 is 1.70 bits per heavy atom. The average molecular weight is 723 g/mol. The Hall–Kier alpha value is -4.82. The normalized spacial score (nSPS) is 28.5. The van der Waals surface area contributed by atoms with Gasteiger partial charge in [0.1, 0.15) is 6.10 Å². The minimum atomic E-state index is -0.542. The highest BCUT2D eigenvalue weighted by molar-refractivity contribution is 6.12. The van der Waals surface area contributed by atoms with E-state index in [9.17, 15) is 14.4 Å². The van der Waals surface area contributed by atoms with Gasteiger partial charge in [0.25, 0.3) is 11.8 Å². The summed E-state index contributed by atoms with van der Waals surface area (Å²) in [5, 5.41) is 3.26. The van der Waals surface area contributed by atoms with E-state index >= 15 is 0 Å². The molecule has 0 N–H and O–H groups in total. The van der Waals surface area contributed by atoms with Crippen LogP contribution in [0.3, 0.4) is 0 Å². The smallest absolute Gasteiger partial charge is 0.333 e. The number of para-hydroxylation sites is 1. The molecule has 7 aliphatic rings. The van der Waals surface area contributed by atoms with Gasteiger partial charge in [-0.15, -0.1) is 5.06 Å². The predicted octanol–water partition coefficient (Wildman–Crippen LogP) is 8.11. The minimum Gasteiger partial charge on any atom is -0.365 e. The van der Waals surface area contributed by atoms with Crippen molar-refractivity contribution in [3.05, 3.63) is 106 Å². The highest BCUT2D eigenvalue weighted by atomic mass is 16.7. The Labute approximate surface area is 316 Å². The molecule has 8 heteroatoms. The van der Waals surface area contributed by atoms with Crippen molar-refractivity contribution < 1.29 is 28.5 Å². The Kier molecular flexibility index (Phi) is 7.24. The van der Waals surface area contributed by atoms with E-state index in [0.717, 1.165) is 32.4 Å². The van der Waals surface area contributed by atoms with Crippen LogP contribution in [-0.4, -0.2) is 58.4 Å². The summed E-state index contributed by atoms with van der Waals surface area (Å²) in [6, 6.07) is 22.1. The largest absolute Gasteiger partial charge is 0.365 e. The lowest BCUT2D eigenvalue weighted by atomic mass is 9.67. The molecule has 4 atom stereocenters. The van der Waals surface area contributed by atoms with Crippen LogP contribution < -0.4 is 4.90 Å². The molecule has 3 aromatic carbocycles. The van der Waals surface area contributed by atoms with Gasteiger partial charge in [-0.1, -0.05) is 62.4 Å². The second-order valence-electron chi connectivity index (χ2n) is 17.9. The predicted molar refractivity (Wildman–Crippen MR) is 207 cm³/mol. The van der Waals surface area contributed by atoms with Crippen LogP contribution in [0.25, 0.3) is 10.8 Å². The third-order valence-electron chi connectivity index (χ3n) is 13.6. The molecule has 8 nitrogen and oxygen atoms in total. The van der Waals surface area contributed by atoms with Gasteiger partial charge in [-0.05, 0) is 98.1 Å². The fraction of sp³-hybridized carbons (Fsp3) is 0.435. The molecule has 3 aromatic rings. The van der Waals surface area contributed by atoms with Gasteiger partial charge in [-0.25, -0.2) is 4.79 Å². The highest BCUT2D eigenvalue weighted by Gasteiger charge is 2.59. The molecule has 1 aliphatic carbocycles. The minimum absolute atomic E-state index is 0.00643. The first-order valence-corrected chi connectivity index (χ1v) is 19.8. The van der Waals surface area contributed by atoms with Gasteiger partial charge in [0.15, 0.2) is 12.3 Å². The summed E-state index contributed by atoms with van der Waals surface area (Å²) in [5.74, 6) is -1.07. The second-order valence-corrected chi connectivity index (χ2v) is 17.9. The molecule has 10 rings (SSSR count). The number of hydrogen-bond donors (Lipinski definition) is 0. The number of rotatable bonds is 5. The van der Waals surface area contributed by atoms with Crippen LogP contribution >= 0.6 is 0 Å². The van der Waals surface area contributed by atoms with E-state index in [1.54, 1.807) is 0 Å². The van der Waals surface area contributed by atoms with Crippen molar-refractivity contribution in [1.29, 1.82) is 0 Å². The number of carbonyl (C=O) groups is 3. The molecule has 1 fully saturated rings. The average Bonchev–Trinajstić information content (AvgIpc) is 3.69. The third-order valence-corrected chi connectivity index (χ3v) is 13.6. The van der Waals surface area contributed by atoms with Gasteiger partial charge in [-0.2, -0.15) is 4.58 Å². The van der Waals surface area contributed by atoms with Crippen LogP contribution in [0.5, 0.6) is 0 Å². The molecule has 6 heterocycles. The molecule has 2 amide bonds. The highest BCUT2D eigenvalue weighted by Crippen LogP contribution is 2.58. The number of ether oxygens (including phenoxy) is 1. The number of carbonyl (C=O) groups excluding carboxylic acids is 3. The molecule has 6 aliphatic heterocycles. The number of allylic oxidation sites excluding steroid dienone is 3. The van der Waals surface area contributed by atoms with Gasteiger partial charge in [0.2, 0.25) is 5.69 Å². The van der Waals surface area contributed by atoms with E-state index in [2.05, 4.69) is 117 Å². The second kappa shape index (κ2) is 11.6.